The number of aromatic nitrogens is 4. The minimum atomic E-state index is -0.382. The third kappa shape index (κ3) is 8.32. The van der Waals surface area contributed by atoms with Crippen molar-refractivity contribution in [2.24, 2.45) is 23.3 Å². The fourth-order valence-corrected chi connectivity index (χ4v) is 7.62. The molecule has 5 N–H and O–H groups in total. The lowest BCUT2D eigenvalue weighted by atomic mass is 9.98. The van der Waals surface area contributed by atoms with Gasteiger partial charge >= 0.3 is 12.1 Å². The second kappa shape index (κ2) is 16.7. The van der Waals surface area contributed by atoms with E-state index in [2.05, 4.69) is 10.3 Å². The number of nitrogens with one attached hydrogen (secondary N) is 1. The van der Waals surface area contributed by atoms with Crippen molar-refractivity contribution >= 4 is 35.3 Å². The summed E-state index contributed by atoms with van der Waals surface area (Å²) < 4.78 is 11.3. The zero-order valence-corrected chi connectivity index (χ0v) is 30.8. The fraction of sp³-hybridized carbons (Fsp3) is 0.405. The van der Waals surface area contributed by atoms with E-state index in [1.807, 2.05) is 36.4 Å². The Morgan fingerprint density at radius 3 is 1.83 bits per heavy atom. The van der Waals surface area contributed by atoms with Gasteiger partial charge in [-0.3, -0.25) is 9.97 Å². The molecule has 0 aliphatic carbocycles. The minimum absolute atomic E-state index is 0.321. The number of halogens is 2. The molecular formula is C37H43Cl2N9O4. The smallest absolute Gasteiger partial charge is 0.314 e. The molecule has 2 unspecified atom stereocenters. The summed E-state index contributed by atoms with van der Waals surface area (Å²) in [6.07, 6.45) is 7.80. The summed E-state index contributed by atoms with van der Waals surface area (Å²) in [5.41, 5.74) is 16.2. The number of hydrogen-bond acceptors (Lipinski definition) is 9. The maximum absolute atomic E-state index is 11.5. The van der Waals surface area contributed by atoms with Gasteiger partial charge in [0.05, 0.1) is 48.0 Å². The van der Waals surface area contributed by atoms with Crippen molar-refractivity contribution in [3.8, 4) is 45.4 Å². The molecule has 2 aromatic carbocycles. The first kappa shape index (κ1) is 37.1. The zero-order chi connectivity index (χ0) is 36.8. The lowest BCUT2D eigenvalue weighted by Crippen LogP contribution is -2.34. The first-order valence-corrected chi connectivity index (χ1v) is 18.1. The van der Waals surface area contributed by atoms with Crippen LogP contribution in [0.3, 0.4) is 0 Å². The number of carbonyl (C=O) groups excluding carboxylic acids is 2. The highest BCUT2D eigenvalue weighted by Gasteiger charge is 2.26. The summed E-state index contributed by atoms with van der Waals surface area (Å²) in [6.45, 7) is 3.89. The van der Waals surface area contributed by atoms with E-state index < -0.39 is 0 Å². The zero-order valence-electron chi connectivity index (χ0n) is 29.3. The van der Waals surface area contributed by atoms with Crippen LogP contribution in [0.15, 0.2) is 48.8 Å². The van der Waals surface area contributed by atoms with Crippen LogP contribution in [0.2, 0.25) is 10.0 Å². The fourth-order valence-electron chi connectivity index (χ4n) is 6.97. The number of nitrogens with zero attached hydrogens (tertiary/aromatic N) is 6. The molecule has 4 heterocycles. The van der Waals surface area contributed by atoms with Gasteiger partial charge in [0.2, 0.25) is 11.8 Å². The monoisotopic (exact) mass is 747 g/mol. The van der Waals surface area contributed by atoms with Gasteiger partial charge in [-0.1, -0.05) is 59.6 Å². The van der Waals surface area contributed by atoms with Crippen LogP contribution in [0, 0.1) is 11.8 Å². The Morgan fingerprint density at radius 2 is 1.29 bits per heavy atom. The molecule has 2 atom stereocenters. The molecule has 0 saturated carbocycles. The van der Waals surface area contributed by atoms with Crippen molar-refractivity contribution in [1.82, 2.24) is 35.1 Å². The van der Waals surface area contributed by atoms with Gasteiger partial charge in [-0.15, -0.1) is 0 Å². The second-order valence-corrected chi connectivity index (χ2v) is 13.9. The normalized spacial score (nSPS) is 17.1. The molecule has 13 nitrogen and oxygen atoms in total. The Labute approximate surface area is 313 Å². The molecule has 4 aromatic rings. The van der Waals surface area contributed by atoms with E-state index in [4.69, 9.17) is 59.1 Å². The van der Waals surface area contributed by atoms with E-state index in [1.54, 1.807) is 36.4 Å². The number of likely N-dealkylation sites (tertiary alicyclic amines) is 2. The Hall–Kier alpha value is -4.72. The lowest BCUT2D eigenvalue weighted by molar-refractivity contribution is 0.215. The highest BCUT2D eigenvalue weighted by Crippen LogP contribution is 2.42. The SMILES string of the molecule is COc1nc(-c2cccc(-c3cccc(-c4cnc(CNCC5CCN(C(N)=O)C5)c(OC)n4)c3Cl)c2Cl)cnc1CCCC1CCN(C(N)=O)C1. The Balaban J connectivity index is 1.16. The van der Waals surface area contributed by atoms with E-state index in [0.717, 1.165) is 42.5 Å². The molecule has 6 rings (SSSR count). The standard InChI is InChI=1S/C37H43Cl2N9O4/c1-51-34-28(11-3-6-22-12-14-47(20-22)36(40)49)43-18-29(45-34)26-9-4-7-24(32(26)38)25-8-5-10-27(33(25)39)30-19-44-31(35(46-30)52-2)17-42-16-23-13-15-48(21-23)37(41)50/h4-5,7-10,18-19,22-23,42H,3,6,11-17,20-21H2,1-2H3,(H2,40,49)(H2,41,50). The second-order valence-electron chi connectivity index (χ2n) is 13.2. The summed E-state index contributed by atoms with van der Waals surface area (Å²) in [6, 6.07) is 10.6. The van der Waals surface area contributed by atoms with Crippen LogP contribution in [-0.4, -0.2) is 88.7 Å². The minimum Gasteiger partial charge on any atom is -0.480 e. The maximum Gasteiger partial charge on any atom is 0.314 e. The largest absolute Gasteiger partial charge is 0.480 e. The number of primary amides is 2. The Kier molecular flexibility index (Phi) is 11.9. The lowest BCUT2D eigenvalue weighted by Gasteiger charge is -2.16. The molecule has 2 aromatic heterocycles. The predicted molar refractivity (Wildman–Crippen MR) is 200 cm³/mol. The quantitative estimate of drug-likeness (QED) is 0.153. The average Bonchev–Trinajstić information content (AvgIpc) is 3.83. The maximum atomic E-state index is 11.5. The van der Waals surface area contributed by atoms with Crippen molar-refractivity contribution in [3.63, 3.8) is 0 Å². The highest BCUT2D eigenvalue weighted by atomic mass is 35.5. The molecule has 274 valence electrons. The number of rotatable bonds is 13. The molecule has 2 saturated heterocycles. The van der Waals surface area contributed by atoms with Crippen molar-refractivity contribution in [1.29, 1.82) is 0 Å². The van der Waals surface area contributed by atoms with Crippen LogP contribution in [0.25, 0.3) is 33.6 Å². The average molecular weight is 749 g/mol. The first-order valence-electron chi connectivity index (χ1n) is 17.3. The van der Waals surface area contributed by atoms with E-state index in [-0.39, 0.29) is 12.1 Å². The van der Waals surface area contributed by atoms with Crippen LogP contribution in [0.1, 0.15) is 37.1 Å². The van der Waals surface area contributed by atoms with Crippen LogP contribution in [-0.2, 0) is 13.0 Å². The van der Waals surface area contributed by atoms with Gasteiger partial charge in [-0.05, 0) is 43.9 Å². The summed E-state index contributed by atoms with van der Waals surface area (Å²) in [5.74, 6) is 1.59. The number of aryl methyl sites for hydroxylation is 1. The first-order chi connectivity index (χ1) is 25.2. The molecule has 2 aliphatic heterocycles. The third-order valence-electron chi connectivity index (χ3n) is 9.80. The Bertz CT molecular complexity index is 1790. The number of methoxy groups -OCH3 is 2. The van der Waals surface area contributed by atoms with Gasteiger partial charge < -0.3 is 36.1 Å². The number of carbonyl (C=O) groups is 2. The number of urea groups is 2. The van der Waals surface area contributed by atoms with Gasteiger partial charge in [0.1, 0.15) is 11.4 Å². The molecular weight excluding hydrogens is 705 g/mol. The molecule has 0 bridgehead atoms. The van der Waals surface area contributed by atoms with Crippen molar-refractivity contribution in [2.75, 3.05) is 46.9 Å². The summed E-state index contributed by atoms with van der Waals surface area (Å²) in [7, 11) is 3.14. The molecule has 52 heavy (non-hydrogen) atoms. The van der Waals surface area contributed by atoms with Gasteiger partial charge in [0.25, 0.3) is 0 Å². The Morgan fingerprint density at radius 1 is 0.788 bits per heavy atom. The van der Waals surface area contributed by atoms with Crippen molar-refractivity contribution in [3.05, 3.63) is 70.2 Å². The van der Waals surface area contributed by atoms with E-state index in [0.29, 0.717) is 108 Å². The summed E-state index contributed by atoms with van der Waals surface area (Å²) in [4.78, 5) is 45.2. The number of benzene rings is 2. The van der Waals surface area contributed by atoms with Crippen molar-refractivity contribution < 1.29 is 19.1 Å². The van der Waals surface area contributed by atoms with E-state index in [9.17, 15) is 9.59 Å². The van der Waals surface area contributed by atoms with Gasteiger partial charge in [-0.25, -0.2) is 19.6 Å². The van der Waals surface area contributed by atoms with Crippen LogP contribution >= 0.6 is 23.2 Å². The van der Waals surface area contributed by atoms with Crippen LogP contribution in [0.4, 0.5) is 9.59 Å². The van der Waals surface area contributed by atoms with Gasteiger partial charge in [-0.2, -0.15) is 0 Å². The molecule has 2 aliphatic rings. The van der Waals surface area contributed by atoms with Crippen LogP contribution in [0.5, 0.6) is 11.8 Å². The molecule has 15 heteroatoms. The third-order valence-corrected chi connectivity index (χ3v) is 10.6. The predicted octanol–water partition coefficient (Wildman–Crippen LogP) is 5.81. The summed E-state index contributed by atoms with van der Waals surface area (Å²) in [5, 5.41) is 4.34. The van der Waals surface area contributed by atoms with Crippen LogP contribution < -0.4 is 26.3 Å². The van der Waals surface area contributed by atoms with Gasteiger partial charge in [0, 0.05) is 61.5 Å². The number of hydrogen-bond donors (Lipinski definition) is 3. The highest BCUT2D eigenvalue weighted by molar-refractivity contribution is 6.39. The number of nitrogens with two attached hydrogens (primary N) is 2. The number of ether oxygens (including phenoxy) is 2. The topological polar surface area (TPSA) is 175 Å². The van der Waals surface area contributed by atoms with E-state index >= 15 is 0 Å². The van der Waals surface area contributed by atoms with E-state index in [1.165, 1.54) is 0 Å². The van der Waals surface area contributed by atoms with Gasteiger partial charge in [0.15, 0.2) is 0 Å². The molecule has 4 amide bonds. The molecule has 0 spiro atoms. The molecule has 0 radical (unpaired) electrons. The van der Waals surface area contributed by atoms with Crippen molar-refractivity contribution in [2.45, 2.75) is 38.6 Å². The molecule has 2 fully saturated rings. The number of amides is 4. The summed E-state index contributed by atoms with van der Waals surface area (Å²) >= 11 is 14.1.